The Balaban J connectivity index is 1.96. The number of carbonyl (C=O) groups is 1. The molecule has 0 aromatic heterocycles. The van der Waals surface area contributed by atoms with Gasteiger partial charge >= 0.3 is 6.03 Å². The molecule has 2 amide bonds. The molecule has 0 unspecified atom stereocenters. The Kier molecular flexibility index (Phi) is 4.04. The number of urea groups is 1. The Hall–Kier alpha value is -2.77. The number of rotatable bonds is 2. The number of carbonyl (C=O) groups excluding carboxylic acids is 1. The first-order valence-electron chi connectivity index (χ1n) is 7.02. The summed E-state index contributed by atoms with van der Waals surface area (Å²) in [6.07, 6.45) is -0.116. The summed E-state index contributed by atoms with van der Waals surface area (Å²) in [7, 11) is 1.41. The number of hydrogen-bond donors (Lipinski definition) is 1. The summed E-state index contributed by atoms with van der Waals surface area (Å²) in [6, 6.07) is 5.68. The second kappa shape index (κ2) is 6.03. The van der Waals surface area contributed by atoms with Crippen LogP contribution in [0.4, 0.5) is 33.7 Å². The van der Waals surface area contributed by atoms with Crippen molar-refractivity contribution in [1.82, 2.24) is 0 Å². The molecule has 1 aliphatic heterocycles. The van der Waals surface area contributed by atoms with E-state index < -0.39 is 35.0 Å². The fourth-order valence-corrected chi connectivity index (χ4v) is 2.64. The highest BCUT2D eigenvalue weighted by Crippen LogP contribution is 2.36. The van der Waals surface area contributed by atoms with Crippen molar-refractivity contribution >= 4 is 17.4 Å². The predicted molar refractivity (Wildman–Crippen MR) is 79.3 cm³/mol. The van der Waals surface area contributed by atoms with Crippen LogP contribution in [0.15, 0.2) is 24.3 Å². The number of fused-ring (bicyclic) bond motifs is 1. The van der Waals surface area contributed by atoms with Crippen molar-refractivity contribution < 1.29 is 27.1 Å². The predicted octanol–water partition coefficient (Wildman–Crippen LogP) is 3.85. The van der Waals surface area contributed by atoms with Crippen LogP contribution in [0.5, 0.6) is 5.75 Å². The molecular weight excluding hydrogens is 328 g/mol. The standard InChI is InChI=1S/C16H12F4N2O2/c1-24-10-5-3-2-4-9(10)21-16(23)22-7-6-8-11(17)12(18)13(19)14(20)15(8)22/h2-5H,6-7H2,1H3,(H,21,23). The molecule has 0 bridgehead atoms. The largest absolute Gasteiger partial charge is 0.495 e. The van der Waals surface area contributed by atoms with Crippen molar-refractivity contribution in [2.45, 2.75) is 6.42 Å². The van der Waals surface area contributed by atoms with E-state index in [4.69, 9.17) is 4.74 Å². The molecule has 0 saturated carbocycles. The van der Waals surface area contributed by atoms with E-state index in [2.05, 4.69) is 5.32 Å². The van der Waals surface area contributed by atoms with Crippen molar-refractivity contribution in [3.8, 4) is 5.75 Å². The molecule has 8 heteroatoms. The lowest BCUT2D eigenvalue weighted by Gasteiger charge is -2.20. The summed E-state index contributed by atoms with van der Waals surface area (Å²) >= 11 is 0. The number of nitrogens with zero attached hydrogens (tertiary/aromatic N) is 1. The van der Waals surface area contributed by atoms with Crippen LogP contribution in [-0.2, 0) is 6.42 Å². The smallest absolute Gasteiger partial charge is 0.326 e. The van der Waals surface area contributed by atoms with E-state index >= 15 is 0 Å². The monoisotopic (exact) mass is 340 g/mol. The molecule has 1 N–H and O–H groups in total. The van der Waals surface area contributed by atoms with Crippen molar-refractivity contribution in [3.05, 3.63) is 53.1 Å². The summed E-state index contributed by atoms with van der Waals surface area (Å²) < 4.78 is 59.6. The third kappa shape index (κ3) is 2.44. The molecule has 126 valence electrons. The molecule has 2 aromatic carbocycles. The molecule has 0 atom stereocenters. The van der Waals surface area contributed by atoms with Crippen LogP contribution >= 0.6 is 0 Å². The quantitative estimate of drug-likeness (QED) is 0.513. The molecule has 24 heavy (non-hydrogen) atoms. The Morgan fingerprint density at radius 2 is 1.75 bits per heavy atom. The van der Waals surface area contributed by atoms with Crippen LogP contribution in [0.3, 0.4) is 0 Å². The normalized spacial score (nSPS) is 13.0. The number of para-hydroxylation sites is 2. The first-order valence-corrected chi connectivity index (χ1v) is 7.02. The van der Waals surface area contributed by atoms with E-state index in [1.54, 1.807) is 24.3 Å². The fraction of sp³-hybridized carbons (Fsp3) is 0.188. The minimum absolute atomic E-state index is 0.104. The molecule has 2 aromatic rings. The van der Waals surface area contributed by atoms with E-state index in [0.29, 0.717) is 11.4 Å². The van der Waals surface area contributed by atoms with E-state index in [1.165, 1.54) is 7.11 Å². The van der Waals surface area contributed by atoms with E-state index in [1.807, 2.05) is 0 Å². The van der Waals surface area contributed by atoms with Gasteiger partial charge in [-0.05, 0) is 18.6 Å². The van der Waals surface area contributed by atoms with Crippen molar-refractivity contribution in [2.24, 2.45) is 0 Å². The number of ether oxygens (including phenoxy) is 1. The number of benzene rings is 2. The van der Waals surface area contributed by atoms with Gasteiger partial charge in [0, 0.05) is 12.1 Å². The van der Waals surface area contributed by atoms with E-state index in [0.717, 1.165) is 4.90 Å². The fourth-order valence-electron chi connectivity index (χ4n) is 2.64. The minimum atomic E-state index is -1.94. The zero-order chi connectivity index (χ0) is 17.4. The molecule has 0 aliphatic carbocycles. The number of halogens is 4. The molecule has 1 aliphatic rings. The van der Waals surface area contributed by atoms with Gasteiger partial charge in [0.05, 0.1) is 18.5 Å². The third-order valence-corrected chi connectivity index (χ3v) is 3.79. The van der Waals surface area contributed by atoms with Crippen molar-refractivity contribution in [1.29, 1.82) is 0 Å². The topological polar surface area (TPSA) is 41.6 Å². The van der Waals surface area contributed by atoms with Crippen LogP contribution in [0.25, 0.3) is 0 Å². The number of anilines is 2. The lowest BCUT2D eigenvalue weighted by Crippen LogP contribution is -2.34. The molecule has 4 nitrogen and oxygen atoms in total. The maximum absolute atomic E-state index is 14.0. The van der Waals surface area contributed by atoms with Gasteiger partial charge in [-0.2, -0.15) is 0 Å². The van der Waals surface area contributed by atoms with Gasteiger partial charge < -0.3 is 10.1 Å². The second-order valence-electron chi connectivity index (χ2n) is 5.12. The van der Waals surface area contributed by atoms with Gasteiger partial charge in [0.2, 0.25) is 0 Å². The van der Waals surface area contributed by atoms with E-state index in [9.17, 15) is 22.4 Å². The van der Waals surface area contributed by atoms with Gasteiger partial charge in [-0.25, -0.2) is 22.4 Å². The van der Waals surface area contributed by atoms with Crippen LogP contribution in [-0.4, -0.2) is 19.7 Å². The highest BCUT2D eigenvalue weighted by molar-refractivity contribution is 6.04. The molecule has 1 heterocycles. The summed E-state index contributed by atoms with van der Waals surface area (Å²) in [5, 5.41) is 2.48. The van der Waals surface area contributed by atoms with Gasteiger partial charge in [0.1, 0.15) is 5.75 Å². The lowest BCUT2D eigenvalue weighted by molar-refractivity contribution is 0.257. The Morgan fingerprint density at radius 3 is 2.46 bits per heavy atom. The SMILES string of the molecule is COc1ccccc1NC(=O)N1CCc2c(F)c(F)c(F)c(F)c21. The van der Waals surface area contributed by atoms with Crippen LogP contribution in [0.2, 0.25) is 0 Å². The van der Waals surface area contributed by atoms with E-state index in [-0.39, 0.29) is 18.5 Å². The first-order chi connectivity index (χ1) is 11.5. The minimum Gasteiger partial charge on any atom is -0.495 e. The summed E-state index contributed by atoms with van der Waals surface area (Å²) in [5.74, 6) is -6.52. The maximum atomic E-state index is 14.0. The van der Waals surface area contributed by atoms with Gasteiger partial charge in [0.25, 0.3) is 0 Å². The molecule has 0 spiro atoms. The average molecular weight is 340 g/mol. The molecule has 0 fully saturated rings. The number of nitrogens with one attached hydrogen (secondary N) is 1. The number of amides is 2. The molecular formula is C16H12F4N2O2. The summed E-state index contributed by atoms with van der Waals surface area (Å²) in [6.45, 7) is -0.104. The van der Waals surface area contributed by atoms with Crippen LogP contribution < -0.4 is 15.0 Å². The van der Waals surface area contributed by atoms with Crippen molar-refractivity contribution in [3.63, 3.8) is 0 Å². The van der Waals surface area contributed by atoms with Gasteiger partial charge in [0.15, 0.2) is 23.3 Å². The summed E-state index contributed by atoms with van der Waals surface area (Å²) in [5.41, 5.74) is -0.637. The first kappa shape index (κ1) is 16.1. The zero-order valence-corrected chi connectivity index (χ0v) is 12.5. The highest BCUT2D eigenvalue weighted by atomic mass is 19.2. The second-order valence-corrected chi connectivity index (χ2v) is 5.12. The Morgan fingerprint density at radius 1 is 1.08 bits per heavy atom. The van der Waals surface area contributed by atoms with Gasteiger partial charge in [-0.3, -0.25) is 4.90 Å². The highest BCUT2D eigenvalue weighted by Gasteiger charge is 2.35. The zero-order valence-electron chi connectivity index (χ0n) is 12.5. The Labute approximate surface area is 134 Å². The van der Waals surface area contributed by atoms with Crippen LogP contribution in [0, 0.1) is 23.3 Å². The molecule has 0 radical (unpaired) electrons. The molecule has 3 rings (SSSR count). The lowest BCUT2D eigenvalue weighted by atomic mass is 10.1. The number of methoxy groups -OCH3 is 1. The Bertz CT molecular complexity index is 826. The van der Waals surface area contributed by atoms with Crippen molar-refractivity contribution in [2.75, 3.05) is 23.9 Å². The van der Waals surface area contributed by atoms with Gasteiger partial charge in [-0.1, -0.05) is 12.1 Å². The van der Waals surface area contributed by atoms with Crippen LogP contribution in [0.1, 0.15) is 5.56 Å². The number of hydrogen-bond acceptors (Lipinski definition) is 2. The third-order valence-electron chi connectivity index (χ3n) is 3.79. The molecule has 0 saturated heterocycles. The maximum Gasteiger partial charge on any atom is 0.326 e. The van der Waals surface area contributed by atoms with Gasteiger partial charge in [-0.15, -0.1) is 0 Å². The summed E-state index contributed by atoms with van der Waals surface area (Å²) in [4.78, 5) is 13.2. The average Bonchev–Trinajstić information content (AvgIpc) is 3.04.